The number of sulfonamides is 1. The Morgan fingerprint density at radius 1 is 1.18 bits per heavy atom. The molecule has 12 nitrogen and oxygen atoms in total. The minimum absolute atomic E-state index is 0.0639. The zero-order chi connectivity index (χ0) is 28.0. The molecule has 1 aromatic carbocycles. The van der Waals surface area contributed by atoms with Crippen molar-refractivity contribution in [1.82, 2.24) is 15.0 Å². The molecule has 1 aliphatic rings. The van der Waals surface area contributed by atoms with Crippen LogP contribution in [-0.2, 0) is 19.6 Å². The minimum Gasteiger partial charge on any atom is -0.491 e. The number of benzene rings is 1. The van der Waals surface area contributed by atoms with Crippen LogP contribution in [0.1, 0.15) is 25.7 Å². The number of carbonyl (C=O) groups is 1. The van der Waals surface area contributed by atoms with Gasteiger partial charge in [-0.25, -0.2) is 27.8 Å². The number of carboxylic acid groups (broad SMARTS) is 1. The van der Waals surface area contributed by atoms with Gasteiger partial charge in [0.2, 0.25) is 21.9 Å². The number of nitrogens with zero attached hydrogens (tertiary/aromatic N) is 4. The van der Waals surface area contributed by atoms with Crippen molar-refractivity contribution in [2.45, 2.75) is 25.7 Å². The number of ether oxygens (including phenoxy) is 3. The fourth-order valence-electron chi connectivity index (χ4n) is 4.14. The average Bonchev–Trinajstić information content (AvgIpc) is 2.89. The van der Waals surface area contributed by atoms with Crippen LogP contribution in [0.2, 0.25) is 0 Å². The lowest BCUT2D eigenvalue weighted by Gasteiger charge is -2.27. The third kappa shape index (κ3) is 7.41. The molecule has 210 valence electrons. The third-order valence-corrected chi connectivity index (χ3v) is 6.51. The summed E-state index contributed by atoms with van der Waals surface area (Å²) in [6.07, 6.45) is 4.30. The average molecular weight is 564 g/mol. The zero-order valence-corrected chi connectivity index (χ0v) is 22.5. The number of carboxylic acids is 1. The minimum atomic E-state index is -3.65. The number of aromatic nitrogens is 3. The van der Waals surface area contributed by atoms with Crippen molar-refractivity contribution < 1.29 is 36.9 Å². The Morgan fingerprint density at radius 2 is 1.95 bits per heavy atom. The number of morpholine rings is 1. The molecule has 4 rings (SSSR count). The number of halogens is 1. The van der Waals surface area contributed by atoms with Crippen molar-refractivity contribution in [3.05, 3.63) is 30.2 Å². The van der Waals surface area contributed by atoms with Crippen LogP contribution in [0.25, 0.3) is 22.2 Å². The van der Waals surface area contributed by atoms with Gasteiger partial charge in [0.1, 0.15) is 22.8 Å². The van der Waals surface area contributed by atoms with Crippen LogP contribution in [0.15, 0.2) is 24.4 Å². The van der Waals surface area contributed by atoms with E-state index in [2.05, 4.69) is 9.71 Å². The first kappa shape index (κ1) is 28.2. The monoisotopic (exact) mass is 563 g/mol. The second-order valence-electron chi connectivity index (χ2n) is 8.98. The summed E-state index contributed by atoms with van der Waals surface area (Å²) in [5.74, 6) is -0.753. The molecular weight excluding hydrogens is 533 g/mol. The van der Waals surface area contributed by atoms with Crippen molar-refractivity contribution in [3.63, 3.8) is 0 Å². The predicted molar refractivity (Wildman–Crippen MR) is 142 cm³/mol. The summed E-state index contributed by atoms with van der Waals surface area (Å²) in [6, 6.07) is 4.06. The van der Waals surface area contributed by atoms with Gasteiger partial charge in [0.15, 0.2) is 0 Å². The van der Waals surface area contributed by atoms with E-state index < -0.39 is 21.8 Å². The summed E-state index contributed by atoms with van der Waals surface area (Å²) >= 11 is 0. The van der Waals surface area contributed by atoms with Crippen LogP contribution in [0.5, 0.6) is 11.6 Å². The summed E-state index contributed by atoms with van der Waals surface area (Å²) in [5.41, 5.74) is 1.22. The lowest BCUT2D eigenvalue weighted by molar-refractivity contribution is -0.137. The van der Waals surface area contributed by atoms with Crippen LogP contribution in [0.4, 0.5) is 16.0 Å². The Hall–Kier alpha value is -3.78. The highest BCUT2D eigenvalue weighted by atomic mass is 32.2. The summed E-state index contributed by atoms with van der Waals surface area (Å²) in [6.45, 7) is 2.33. The van der Waals surface area contributed by atoms with Gasteiger partial charge < -0.3 is 24.2 Å². The molecule has 0 saturated carbocycles. The molecule has 0 bridgehead atoms. The van der Waals surface area contributed by atoms with E-state index in [1.165, 1.54) is 31.5 Å². The van der Waals surface area contributed by atoms with E-state index >= 15 is 0 Å². The topological polar surface area (TPSA) is 153 Å². The highest BCUT2D eigenvalue weighted by Gasteiger charge is 2.22. The first-order chi connectivity index (χ1) is 18.6. The number of pyridine rings is 1. The van der Waals surface area contributed by atoms with Gasteiger partial charge in [0, 0.05) is 42.7 Å². The maximum absolute atomic E-state index is 14.8. The first-order valence-electron chi connectivity index (χ1n) is 12.4. The van der Waals surface area contributed by atoms with E-state index in [1.807, 2.05) is 4.90 Å². The molecule has 0 aliphatic carbocycles. The second-order valence-corrected chi connectivity index (χ2v) is 10.7. The van der Waals surface area contributed by atoms with Gasteiger partial charge in [-0.1, -0.05) is 0 Å². The van der Waals surface area contributed by atoms with E-state index in [-0.39, 0.29) is 30.3 Å². The summed E-state index contributed by atoms with van der Waals surface area (Å²) in [5, 5.41) is 9.16. The van der Waals surface area contributed by atoms with E-state index in [0.29, 0.717) is 73.7 Å². The van der Waals surface area contributed by atoms with Crippen molar-refractivity contribution in [3.8, 4) is 22.9 Å². The number of anilines is 2. The van der Waals surface area contributed by atoms with Crippen molar-refractivity contribution in [1.29, 1.82) is 0 Å². The molecule has 0 unspecified atom stereocenters. The lowest BCUT2D eigenvalue weighted by atomic mass is 10.1. The van der Waals surface area contributed by atoms with Gasteiger partial charge >= 0.3 is 5.97 Å². The predicted octanol–water partition coefficient (Wildman–Crippen LogP) is 3.07. The molecular formula is C25H30FN5O7S. The smallest absolute Gasteiger partial charge is 0.303 e. The molecule has 2 N–H and O–H groups in total. The fraction of sp³-hybridized carbons (Fsp3) is 0.440. The van der Waals surface area contributed by atoms with Crippen LogP contribution in [0.3, 0.4) is 0 Å². The quantitative estimate of drug-likeness (QED) is 0.313. The molecule has 1 aliphatic heterocycles. The van der Waals surface area contributed by atoms with E-state index in [1.54, 1.807) is 0 Å². The highest BCUT2D eigenvalue weighted by molar-refractivity contribution is 7.92. The number of unbranched alkanes of at least 4 members (excludes halogenated alkanes) is 2. The molecule has 0 radical (unpaired) electrons. The molecule has 0 amide bonds. The van der Waals surface area contributed by atoms with Crippen LogP contribution < -0.4 is 19.1 Å². The Bertz CT molecular complexity index is 1450. The Kier molecular flexibility index (Phi) is 8.97. The second kappa shape index (κ2) is 12.4. The number of nitrogens with one attached hydrogen (secondary N) is 1. The number of methoxy groups -OCH3 is 1. The molecule has 0 spiro atoms. The number of hydrogen-bond acceptors (Lipinski definition) is 10. The molecule has 39 heavy (non-hydrogen) atoms. The molecule has 1 fully saturated rings. The Morgan fingerprint density at radius 3 is 2.64 bits per heavy atom. The summed E-state index contributed by atoms with van der Waals surface area (Å²) in [7, 11) is -2.28. The van der Waals surface area contributed by atoms with Gasteiger partial charge in [0.05, 0.1) is 38.9 Å². The molecule has 3 aromatic rings. The van der Waals surface area contributed by atoms with Crippen LogP contribution in [0, 0.1) is 5.82 Å². The number of rotatable bonds is 12. The van der Waals surface area contributed by atoms with Gasteiger partial charge in [0.25, 0.3) is 0 Å². The van der Waals surface area contributed by atoms with Crippen molar-refractivity contribution in [2.24, 2.45) is 0 Å². The number of aliphatic carboxylic acids is 1. The van der Waals surface area contributed by atoms with Crippen LogP contribution in [-0.4, -0.2) is 80.7 Å². The highest BCUT2D eigenvalue weighted by Crippen LogP contribution is 2.36. The van der Waals surface area contributed by atoms with E-state index in [0.717, 1.165) is 6.26 Å². The van der Waals surface area contributed by atoms with Gasteiger partial charge in [-0.2, -0.15) is 0 Å². The standard InChI is InChI=1S/C25H30FN5O7S/c1-36-24-19(30-39(2,34)35)12-16(15-27-24)22-18-13-17(26)14-20(38-9-5-3-4-6-21(32)33)23(18)29-25(28-22)31-7-10-37-11-8-31/h12-15,30H,3-11H2,1-2H3,(H,32,33). The van der Waals surface area contributed by atoms with Crippen molar-refractivity contribution >= 4 is 38.5 Å². The van der Waals surface area contributed by atoms with Gasteiger partial charge in [-0.15, -0.1) is 0 Å². The number of fused-ring (bicyclic) bond motifs is 1. The molecule has 2 aromatic heterocycles. The van der Waals surface area contributed by atoms with Crippen molar-refractivity contribution in [2.75, 3.05) is 55.9 Å². The fourth-order valence-corrected chi connectivity index (χ4v) is 4.69. The largest absolute Gasteiger partial charge is 0.491 e. The Labute approximate surface area is 225 Å². The number of hydrogen-bond donors (Lipinski definition) is 2. The third-order valence-electron chi connectivity index (χ3n) is 5.92. The molecule has 14 heteroatoms. The zero-order valence-electron chi connectivity index (χ0n) is 21.6. The molecule has 0 atom stereocenters. The Balaban J connectivity index is 1.78. The lowest BCUT2D eigenvalue weighted by Crippen LogP contribution is -2.37. The maximum atomic E-state index is 14.8. The van der Waals surface area contributed by atoms with Gasteiger partial charge in [-0.05, 0) is 31.4 Å². The van der Waals surface area contributed by atoms with E-state index in [4.69, 9.17) is 29.3 Å². The summed E-state index contributed by atoms with van der Waals surface area (Å²) in [4.78, 5) is 26.3. The van der Waals surface area contributed by atoms with E-state index in [9.17, 15) is 17.6 Å². The van der Waals surface area contributed by atoms with Crippen LogP contribution >= 0.6 is 0 Å². The molecule has 3 heterocycles. The maximum Gasteiger partial charge on any atom is 0.303 e. The normalized spacial score (nSPS) is 13.9. The SMILES string of the molecule is COc1ncc(-c2nc(N3CCOCC3)nc3c(OCCCCCC(=O)O)cc(F)cc23)cc1NS(C)(=O)=O. The summed E-state index contributed by atoms with van der Waals surface area (Å²) < 4.78 is 57.7. The van der Waals surface area contributed by atoms with Gasteiger partial charge in [-0.3, -0.25) is 9.52 Å². The first-order valence-corrected chi connectivity index (χ1v) is 14.2. The molecule has 1 saturated heterocycles.